The number of carbonyl (C=O) groups is 1. The van der Waals surface area contributed by atoms with Crippen LogP contribution in [0.3, 0.4) is 0 Å². The second-order valence-electron chi connectivity index (χ2n) is 7.99. The summed E-state index contributed by atoms with van der Waals surface area (Å²) < 4.78 is 5.41. The predicted molar refractivity (Wildman–Crippen MR) is 109 cm³/mol. The molecule has 142 valence electrons. The summed E-state index contributed by atoms with van der Waals surface area (Å²) in [7, 11) is 0. The first-order valence-electron chi connectivity index (χ1n) is 10.3. The van der Waals surface area contributed by atoms with Crippen LogP contribution < -0.4 is 5.32 Å². The third-order valence-corrected chi connectivity index (χ3v) is 6.52. The fourth-order valence-electron chi connectivity index (χ4n) is 5.52. The fraction of sp³-hybridized carbons (Fsp3) is 0.320. The van der Waals surface area contributed by atoms with Crippen LogP contribution in [0.4, 0.5) is 0 Å². The molecule has 2 unspecified atom stereocenters. The number of rotatable bonds is 5. The van der Waals surface area contributed by atoms with Crippen molar-refractivity contribution in [3.63, 3.8) is 0 Å². The van der Waals surface area contributed by atoms with E-state index in [0.717, 1.165) is 18.6 Å². The minimum Gasteiger partial charge on any atom is -0.467 e. The van der Waals surface area contributed by atoms with Crippen molar-refractivity contribution in [2.45, 2.75) is 38.1 Å². The lowest BCUT2D eigenvalue weighted by atomic mass is 9.53. The van der Waals surface area contributed by atoms with Gasteiger partial charge in [0.15, 0.2) is 0 Å². The molecule has 2 bridgehead atoms. The minimum atomic E-state index is -0.0373. The van der Waals surface area contributed by atoms with E-state index in [0.29, 0.717) is 18.4 Å². The van der Waals surface area contributed by atoms with Gasteiger partial charge in [0.25, 0.3) is 0 Å². The third kappa shape index (κ3) is 2.61. The van der Waals surface area contributed by atoms with Gasteiger partial charge in [-0.05, 0) is 46.7 Å². The van der Waals surface area contributed by atoms with Gasteiger partial charge in [-0.25, -0.2) is 0 Å². The first-order valence-corrected chi connectivity index (χ1v) is 10.3. The average Bonchev–Trinajstić information content (AvgIpc) is 3.26. The molecule has 0 saturated carbocycles. The van der Waals surface area contributed by atoms with Gasteiger partial charge in [-0.3, -0.25) is 4.79 Å². The molecule has 2 atom stereocenters. The number of furan rings is 1. The third-order valence-electron chi connectivity index (χ3n) is 6.52. The van der Waals surface area contributed by atoms with E-state index in [9.17, 15) is 4.79 Å². The molecule has 1 aromatic heterocycles. The molecule has 0 radical (unpaired) electrons. The maximum atomic E-state index is 13.4. The zero-order chi connectivity index (χ0) is 19.1. The van der Waals surface area contributed by atoms with E-state index in [2.05, 4.69) is 60.8 Å². The molecular formula is C25H25NO2. The van der Waals surface area contributed by atoms with Crippen molar-refractivity contribution in [1.82, 2.24) is 5.32 Å². The molecule has 0 spiro atoms. The Hall–Kier alpha value is -2.81. The summed E-state index contributed by atoms with van der Waals surface area (Å²) in [5.74, 6) is 1.67. The van der Waals surface area contributed by atoms with Crippen LogP contribution in [0.1, 0.15) is 59.6 Å². The number of hydrogen-bond donors (Lipinski definition) is 1. The van der Waals surface area contributed by atoms with Crippen molar-refractivity contribution in [3.8, 4) is 0 Å². The quantitative estimate of drug-likeness (QED) is 0.668. The highest BCUT2D eigenvalue weighted by Crippen LogP contribution is 2.59. The van der Waals surface area contributed by atoms with Crippen molar-refractivity contribution < 1.29 is 9.21 Å². The van der Waals surface area contributed by atoms with Crippen LogP contribution in [-0.4, -0.2) is 5.91 Å². The van der Waals surface area contributed by atoms with Crippen LogP contribution in [0.5, 0.6) is 0 Å². The van der Waals surface area contributed by atoms with Crippen LogP contribution in [0.2, 0.25) is 0 Å². The lowest BCUT2D eigenvalue weighted by Gasteiger charge is -2.50. The molecule has 0 saturated heterocycles. The molecule has 28 heavy (non-hydrogen) atoms. The summed E-state index contributed by atoms with van der Waals surface area (Å²) in [6.07, 6.45) is 3.79. The molecule has 1 amide bonds. The summed E-state index contributed by atoms with van der Waals surface area (Å²) in [6.45, 7) is 2.67. The lowest BCUT2D eigenvalue weighted by Crippen LogP contribution is -2.47. The number of amides is 1. The lowest BCUT2D eigenvalue weighted by molar-refractivity contribution is -0.128. The normalized spacial score (nSPS) is 24.5. The number of hydrogen-bond acceptors (Lipinski definition) is 2. The van der Waals surface area contributed by atoms with E-state index < -0.39 is 0 Å². The first kappa shape index (κ1) is 17.3. The highest BCUT2D eigenvalue weighted by Gasteiger charge is 2.51. The summed E-state index contributed by atoms with van der Waals surface area (Å²) in [5.41, 5.74) is 5.49. The van der Waals surface area contributed by atoms with Gasteiger partial charge in [0.2, 0.25) is 5.91 Å². The van der Waals surface area contributed by atoms with E-state index in [4.69, 9.17) is 4.42 Å². The predicted octanol–water partition coefficient (Wildman–Crippen LogP) is 5.22. The van der Waals surface area contributed by atoms with E-state index in [1.807, 2.05) is 12.1 Å². The van der Waals surface area contributed by atoms with Crippen LogP contribution in [0.15, 0.2) is 71.3 Å². The average molecular weight is 371 g/mol. The Bertz CT molecular complexity index is 944. The fourth-order valence-corrected chi connectivity index (χ4v) is 5.52. The number of benzene rings is 2. The molecule has 1 N–H and O–H groups in total. The molecule has 6 rings (SSSR count). The summed E-state index contributed by atoms with van der Waals surface area (Å²) in [4.78, 5) is 13.4. The van der Waals surface area contributed by atoms with E-state index in [1.54, 1.807) is 6.26 Å². The van der Waals surface area contributed by atoms with Gasteiger partial charge in [0.1, 0.15) is 5.76 Å². The Balaban J connectivity index is 1.57. The molecule has 3 nitrogen and oxygen atoms in total. The molecule has 1 heterocycles. The van der Waals surface area contributed by atoms with Crippen molar-refractivity contribution in [3.05, 3.63) is 94.9 Å². The van der Waals surface area contributed by atoms with Crippen LogP contribution in [0, 0.1) is 11.8 Å². The monoisotopic (exact) mass is 371 g/mol. The topological polar surface area (TPSA) is 42.2 Å². The minimum absolute atomic E-state index is 0.0373. The van der Waals surface area contributed by atoms with Crippen molar-refractivity contribution in [2.75, 3.05) is 0 Å². The van der Waals surface area contributed by atoms with Gasteiger partial charge < -0.3 is 9.73 Å². The number of carbonyl (C=O) groups excluding carboxylic acids is 1. The van der Waals surface area contributed by atoms with E-state index >= 15 is 0 Å². The Morgan fingerprint density at radius 3 is 2.04 bits per heavy atom. The summed E-state index contributed by atoms with van der Waals surface area (Å²) in [6, 6.07) is 21.2. The second kappa shape index (κ2) is 6.97. The first-order chi connectivity index (χ1) is 13.8. The molecular weight excluding hydrogens is 346 g/mol. The van der Waals surface area contributed by atoms with Crippen LogP contribution in [-0.2, 0) is 11.3 Å². The molecule has 3 aromatic rings. The SMILES string of the molecule is CCCC1C2c3ccccc3C(c3ccccc32)C1C(=O)NCc1ccco1. The maximum Gasteiger partial charge on any atom is 0.224 e. The Kier molecular flexibility index (Phi) is 4.31. The molecule has 3 heteroatoms. The zero-order valence-corrected chi connectivity index (χ0v) is 16.1. The molecule has 3 aliphatic carbocycles. The number of fused-ring (bicyclic) bond motifs is 1. The van der Waals surface area contributed by atoms with E-state index in [-0.39, 0.29) is 17.7 Å². The van der Waals surface area contributed by atoms with Crippen LogP contribution >= 0.6 is 0 Å². The van der Waals surface area contributed by atoms with Crippen LogP contribution in [0.25, 0.3) is 0 Å². The number of nitrogens with one attached hydrogen (secondary N) is 1. The van der Waals surface area contributed by atoms with Gasteiger partial charge in [-0.2, -0.15) is 0 Å². The van der Waals surface area contributed by atoms with Crippen molar-refractivity contribution in [1.29, 1.82) is 0 Å². The maximum absolute atomic E-state index is 13.4. The van der Waals surface area contributed by atoms with Gasteiger partial charge in [0, 0.05) is 11.8 Å². The Labute approximate surface area is 165 Å². The Morgan fingerprint density at radius 2 is 1.50 bits per heavy atom. The van der Waals surface area contributed by atoms with Gasteiger partial charge in [-0.1, -0.05) is 61.9 Å². The standard InChI is InChI=1S/C25H25NO2/c1-2-8-21-22-17-10-3-5-12-19(17)23(20-13-6-4-11-18(20)22)24(21)25(27)26-15-16-9-7-14-28-16/h3-7,9-14,21-24H,2,8,15H2,1H3,(H,26,27). The largest absolute Gasteiger partial charge is 0.467 e. The molecule has 0 aliphatic heterocycles. The van der Waals surface area contributed by atoms with Gasteiger partial charge >= 0.3 is 0 Å². The highest BCUT2D eigenvalue weighted by atomic mass is 16.3. The zero-order valence-electron chi connectivity index (χ0n) is 16.1. The summed E-state index contributed by atoms with van der Waals surface area (Å²) in [5, 5.41) is 3.16. The molecule has 2 aromatic carbocycles. The van der Waals surface area contributed by atoms with Gasteiger partial charge in [0.05, 0.1) is 18.7 Å². The highest BCUT2D eigenvalue weighted by molar-refractivity contribution is 5.83. The van der Waals surface area contributed by atoms with Crippen molar-refractivity contribution >= 4 is 5.91 Å². The van der Waals surface area contributed by atoms with E-state index in [1.165, 1.54) is 22.3 Å². The Morgan fingerprint density at radius 1 is 0.893 bits per heavy atom. The van der Waals surface area contributed by atoms with Gasteiger partial charge in [-0.15, -0.1) is 0 Å². The van der Waals surface area contributed by atoms with Crippen molar-refractivity contribution in [2.24, 2.45) is 11.8 Å². The summed E-state index contributed by atoms with van der Waals surface area (Å²) >= 11 is 0. The second-order valence-corrected chi connectivity index (χ2v) is 7.99. The molecule has 0 fully saturated rings. The molecule has 3 aliphatic rings. The smallest absolute Gasteiger partial charge is 0.224 e.